The number of hydrogen-bond donors (Lipinski definition) is 0. The van der Waals surface area contributed by atoms with Crippen molar-refractivity contribution in [1.82, 2.24) is 0 Å². The maximum Gasteiger partial charge on any atom is 0.313 e. The van der Waals surface area contributed by atoms with Crippen molar-refractivity contribution in [2.75, 3.05) is 6.26 Å². The van der Waals surface area contributed by atoms with Gasteiger partial charge in [0.25, 0.3) is 0 Å². The first kappa shape index (κ1) is 7.03. The summed E-state index contributed by atoms with van der Waals surface area (Å²) >= 11 is 7.42. The zero-order valence-electron chi connectivity index (χ0n) is 5.29. The monoisotopic (exact) mass is 205 g/mol. The molecule has 0 saturated carbocycles. The van der Waals surface area contributed by atoms with E-state index < -0.39 is 0 Å². The molecular weight excluding hydrogens is 200 g/mol. The van der Waals surface area contributed by atoms with Crippen LogP contribution in [0.2, 0.25) is 0 Å². The summed E-state index contributed by atoms with van der Waals surface area (Å²) < 4.78 is 4.34. The molecule has 0 amide bonds. The number of hydrogen-bond acceptors (Lipinski definition) is 3. The molecule has 0 aromatic carbocycles. The minimum Gasteiger partial charge on any atom is -0.145 e. The van der Waals surface area contributed by atoms with E-state index in [4.69, 9.17) is 0 Å². The van der Waals surface area contributed by atoms with Gasteiger partial charge < -0.3 is 0 Å². The van der Waals surface area contributed by atoms with Crippen LogP contribution < -0.4 is 0 Å². The molecule has 2 aromatic heterocycles. The molecule has 2 aromatic rings. The summed E-state index contributed by atoms with van der Waals surface area (Å²) in [5.41, 5.74) is 0. The predicted octanol–water partition coefficient (Wildman–Crippen LogP) is 4.03. The molecule has 0 unspecified atom stereocenters. The van der Waals surface area contributed by atoms with Gasteiger partial charge in [-0.15, -0.1) is 11.3 Å². The number of thiophene rings is 1. The molecule has 2 rings (SSSR count). The van der Waals surface area contributed by atoms with Crippen LogP contribution in [0.4, 0.5) is 0 Å². The standard InChI is InChI=1S/C6H5S4/c1-7-6-9-4-2-8-3-5(4)10-6/h2-3H,1H3/q+1. The van der Waals surface area contributed by atoms with Gasteiger partial charge in [-0.1, -0.05) is 11.8 Å². The lowest BCUT2D eigenvalue weighted by Gasteiger charge is -1.65. The van der Waals surface area contributed by atoms with E-state index in [0.717, 1.165) is 0 Å². The Morgan fingerprint density at radius 3 is 3.10 bits per heavy atom. The minimum absolute atomic E-state index is 1.44. The third kappa shape index (κ3) is 1.09. The second-order valence-electron chi connectivity index (χ2n) is 1.76. The molecule has 2 heterocycles. The molecule has 0 saturated heterocycles. The quantitative estimate of drug-likeness (QED) is 0.500. The molecule has 0 nitrogen and oxygen atoms in total. The van der Waals surface area contributed by atoms with Gasteiger partial charge >= 0.3 is 3.52 Å². The van der Waals surface area contributed by atoms with Crippen LogP contribution in [0.15, 0.2) is 14.3 Å². The van der Waals surface area contributed by atoms with Crippen LogP contribution in [0.3, 0.4) is 0 Å². The summed E-state index contributed by atoms with van der Waals surface area (Å²) in [5.74, 6) is 0. The van der Waals surface area contributed by atoms with E-state index in [1.54, 1.807) is 11.3 Å². The highest BCUT2D eigenvalue weighted by Gasteiger charge is 2.14. The molecule has 52 valence electrons. The number of rotatable bonds is 1. The SMILES string of the molecule is CSc1sc2cscc2[s+]1. The first-order chi connectivity index (χ1) is 4.90. The van der Waals surface area contributed by atoms with Gasteiger partial charge in [0.1, 0.15) is 22.7 Å². The zero-order valence-corrected chi connectivity index (χ0v) is 8.55. The topological polar surface area (TPSA) is 0 Å². The smallest absolute Gasteiger partial charge is 0.145 e. The van der Waals surface area contributed by atoms with E-state index in [2.05, 4.69) is 17.0 Å². The van der Waals surface area contributed by atoms with Crippen molar-refractivity contribution >= 4 is 55.2 Å². The van der Waals surface area contributed by atoms with Crippen molar-refractivity contribution in [2.45, 2.75) is 3.52 Å². The fourth-order valence-electron chi connectivity index (χ4n) is 0.706. The second-order valence-corrected chi connectivity index (χ2v) is 6.20. The first-order valence-electron chi connectivity index (χ1n) is 2.73. The molecular formula is C6H5S4+. The third-order valence-corrected chi connectivity index (χ3v) is 6.10. The van der Waals surface area contributed by atoms with Crippen molar-refractivity contribution in [2.24, 2.45) is 0 Å². The first-order valence-corrected chi connectivity index (χ1v) is 6.53. The Bertz CT molecular complexity index is 303. The lowest BCUT2D eigenvalue weighted by molar-refractivity contribution is 2.11. The third-order valence-electron chi connectivity index (χ3n) is 1.15. The maximum atomic E-state index is 2.22. The van der Waals surface area contributed by atoms with Crippen LogP contribution in [0, 0.1) is 0 Å². The van der Waals surface area contributed by atoms with Crippen molar-refractivity contribution < 1.29 is 0 Å². The van der Waals surface area contributed by atoms with Gasteiger partial charge in [0.2, 0.25) is 0 Å². The fraction of sp³-hybridized carbons (Fsp3) is 0.167. The van der Waals surface area contributed by atoms with Gasteiger partial charge in [-0.25, -0.2) is 0 Å². The van der Waals surface area contributed by atoms with Crippen LogP contribution in [0.25, 0.3) is 9.40 Å². The van der Waals surface area contributed by atoms with E-state index in [1.165, 1.54) is 12.9 Å². The van der Waals surface area contributed by atoms with Crippen molar-refractivity contribution in [1.29, 1.82) is 0 Å². The van der Waals surface area contributed by atoms with Crippen LogP contribution in [0.5, 0.6) is 0 Å². The normalized spacial score (nSPS) is 10.9. The highest BCUT2D eigenvalue weighted by molar-refractivity contribution is 8.02. The van der Waals surface area contributed by atoms with E-state index in [9.17, 15) is 0 Å². The molecule has 4 heteroatoms. The van der Waals surface area contributed by atoms with Gasteiger partial charge in [-0.05, 0) is 6.26 Å². The molecule has 0 N–H and O–H groups in total. The highest BCUT2D eigenvalue weighted by Crippen LogP contribution is 2.38. The Morgan fingerprint density at radius 2 is 2.40 bits per heavy atom. The Hall–Kier alpha value is 0.360. The number of thioether (sulfide) groups is 1. The van der Waals surface area contributed by atoms with Gasteiger partial charge in [0.15, 0.2) is 9.40 Å². The summed E-state index contributed by atoms with van der Waals surface area (Å²) in [7, 11) is 0. The van der Waals surface area contributed by atoms with E-state index in [-0.39, 0.29) is 0 Å². The average molecular weight is 205 g/mol. The van der Waals surface area contributed by atoms with Crippen LogP contribution >= 0.6 is 45.8 Å². The van der Waals surface area contributed by atoms with Crippen LogP contribution in [0.1, 0.15) is 0 Å². The second kappa shape index (κ2) is 2.77. The average Bonchev–Trinajstić information content (AvgIpc) is 2.42. The zero-order chi connectivity index (χ0) is 6.97. The largest absolute Gasteiger partial charge is 0.313 e. The summed E-state index contributed by atoms with van der Waals surface area (Å²) in [6.07, 6.45) is 2.13. The molecule has 0 bridgehead atoms. The Kier molecular flexibility index (Phi) is 1.95. The Labute approximate surface area is 75.5 Å². The maximum absolute atomic E-state index is 2.22. The molecule has 0 atom stereocenters. The van der Waals surface area contributed by atoms with Gasteiger partial charge in [0, 0.05) is 10.8 Å². The Morgan fingerprint density at radius 1 is 1.50 bits per heavy atom. The van der Waals surface area contributed by atoms with Crippen molar-refractivity contribution in [3.05, 3.63) is 10.8 Å². The van der Waals surface area contributed by atoms with E-state index in [0.29, 0.717) is 0 Å². The van der Waals surface area contributed by atoms with Crippen molar-refractivity contribution in [3.63, 3.8) is 0 Å². The van der Waals surface area contributed by atoms with Crippen LogP contribution in [-0.2, 0) is 0 Å². The summed E-state index contributed by atoms with van der Waals surface area (Å²) in [6, 6.07) is 0. The molecule has 0 fully saturated rings. The molecule has 0 spiro atoms. The lowest BCUT2D eigenvalue weighted by Crippen LogP contribution is -1.42. The molecule has 0 radical (unpaired) electrons. The summed E-state index contributed by atoms with van der Waals surface area (Å²) in [5, 5.41) is 4.44. The van der Waals surface area contributed by atoms with E-state index >= 15 is 0 Å². The van der Waals surface area contributed by atoms with Crippen LogP contribution in [-0.4, -0.2) is 6.26 Å². The summed E-state index contributed by atoms with van der Waals surface area (Å²) in [4.78, 5) is 0. The van der Waals surface area contributed by atoms with Gasteiger partial charge in [-0.3, -0.25) is 0 Å². The molecule has 10 heavy (non-hydrogen) atoms. The lowest BCUT2D eigenvalue weighted by atomic mass is 10.7. The fourth-order valence-corrected chi connectivity index (χ4v) is 4.98. The minimum atomic E-state index is 1.44. The van der Waals surface area contributed by atoms with Gasteiger partial charge in [-0.2, -0.15) is 0 Å². The Balaban J connectivity index is 2.67. The molecule has 0 aliphatic rings. The van der Waals surface area contributed by atoms with Crippen molar-refractivity contribution in [3.8, 4) is 0 Å². The predicted molar refractivity (Wildman–Crippen MR) is 53.8 cm³/mol. The van der Waals surface area contributed by atoms with Gasteiger partial charge in [0.05, 0.1) is 0 Å². The molecule has 0 aliphatic carbocycles. The molecule has 0 aliphatic heterocycles. The summed E-state index contributed by atoms with van der Waals surface area (Å²) in [6.45, 7) is 0. The number of fused-ring (bicyclic) bond motifs is 1. The highest BCUT2D eigenvalue weighted by atomic mass is 32.2. The van der Waals surface area contributed by atoms with E-state index in [1.807, 2.05) is 34.4 Å².